The summed E-state index contributed by atoms with van der Waals surface area (Å²) < 4.78 is 34.0. The molecule has 8 heteroatoms. The van der Waals surface area contributed by atoms with Gasteiger partial charge < -0.3 is 19.7 Å². The number of likely N-dealkylation sites (tertiary alicyclic amines) is 1. The number of aliphatic hydroxyl groups excluding tert-OH is 2. The molecule has 0 aromatic rings. The second-order valence-electron chi connectivity index (χ2n) is 14.7. The molecule has 1 saturated heterocycles. The summed E-state index contributed by atoms with van der Waals surface area (Å²) in [7, 11) is -4.28. The minimum absolute atomic E-state index is 0.0824. The van der Waals surface area contributed by atoms with Gasteiger partial charge in [0.15, 0.2) is 0 Å². The third-order valence-corrected chi connectivity index (χ3v) is 14.5. The Morgan fingerprint density at radius 3 is 2.26 bits per heavy atom. The van der Waals surface area contributed by atoms with Crippen molar-refractivity contribution >= 4 is 16.0 Å². The van der Waals surface area contributed by atoms with Crippen LogP contribution in [0.15, 0.2) is 0 Å². The van der Waals surface area contributed by atoms with Crippen LogP contribution in [0.25, 0.3) is 0 Å². The number of carbonyl (C=O) groups is 1. The van der Waals surface area contributed by atoms with Crippen LogP contribution in [0.4, 0.5) is 0 Å². The molecule has 2 N–H and O–H groups in total. The van der Waals surface area contributed by atoms with Crippen molar-refractivity contribution in [3.05, 3.63) is 0 Å². The van der Waals surface area contributed by atoms with Gasteiger partial charge in [-0.1, -0.05) is 34.1 Å². The number of hydrogen-bond acceptors (Lipinski definition) is 6. The molecule has 5 aliphatic rings. The number of fused-ring (bicyclic) bond motifs is 5. The lowest BCUT2D eigenvalue weighted by molar-refractivity contribution is -0.203. The SMILES string of the molecule is CC[C@H]1[C@@H](O)[C@@H]2[C@H](CC[C@]3(C)[C@@H]([C@H](C)CCC(=O)N4CCC(S(=O)(=O)[O-])CC4)CC[C@@H]23)[C@@]2(C)CC[C@@H](O)C[C@@H]12. The van der Waals surface area contributed by atoms with E-state index in [-0.39, 0.29) is 47.7 Å². The molecule has 39 heavy (non-hydrogen) atoms. The molecule has 224 valence electrons. The highest BCUT2D eigenvalue weighted by molar-refractivity contribution is 7.86. The normalized spacial score (nSPS) is 45.8. The molecular formula is C31H52NO6S-. The Labute approximate surface area is 236 Å². The predicted molar refractivity (Wildman–Crippen MR) is 149 cm³/mol. The van der Waals surface area contributed by atoms with Crippen molar-refractivity contribution < 1.29 is 28.0 Å². The van der Waals surface area contributed by atoms with Gasteiger partial charge in [0, 0.05) is 19.5 Å². The van der Waals surface area contributed by atoms with E-state index < -0.39 is 15.4 Å². The Balaban J connectivity index is 1.24. The minimum atomic E-state index is -4.28. The predicted octanol–water partition coefficient (Wildman–Crippen LogP) is 4.57. The van der Waals surface area contributed by atoms with E-state index in [4.69, 9.17) is 0 Å². The van der Waals surface area contributed by atoms with E-state index in [1.807, 2.05) is 0 Å². The van der Waals surface area contributed by atoms with Gasteiger partial charge in [-0.25, -0.2) is 8.42 Å². The monoisotopic (exact) mass is 566 g/mol. The van der Waals surface area contributed by atoms with E-state index in [0.29, 0.717) is 55.0 Å². The Morgan fingerprint density at radius 1 is 0.974 bits per heavy atom. The van der Waals surface area contributed by atoms with Crippen LogP contribution in [0.2, 0.25) is 0 Å². The van der Waals surface area contributed by atoms with Gasteiger partial charge in [0.25, 0.3) is 0 Å². The van der Waals surface area contributed by atoms with Crippen LogP contribution in [0, 0.1) is 52.3 Å². The summed E-state index contributed by atoms with van der Waals surface area (Å²) in [6.45, 7) is 10.2. The molecule has 0 spiro atoms. The number of hydrogen-bond donors (Lipinski definition) is 2. The summed E-state index contributed by atoms with van der Waals surface area (Å²) in [6, 6.07) is 0. The van der Waals surface area contributed by atoms with Crippen LogP contribution in [0.5, 0.6) is 0 Å². The lowest BCUT2D eigenvalue weighted by atomic mass is 9.41. The number of rotatable bonds is 6. The van der Waals surface area contributed by atoms with E-state index in [1.165, 1.54) is 6.42 Å². The van der Waals surface area contributed by atoms with Crippen LogP contribution in [0.3, 0.4) is 0 Å². The van der Waals surface area contributed by atoms with Crippen molar-refractivity contribution in [3.8, 4) is 0 Å². The second-order valence-corrected chi connectivity index (χ2v) is 16.4. The smallest absolute Gasteiger partial charge is 0.222 e. The highest BCUT2D eigenvalue weighted by Gasteiger charge is 2.64. The molecule has 0 aromatic carbocycles. The first-order valence-corrected chi connectivity index (χ1v) is 17.4. The average Bonchev–Trinajstić information content (AvgIpc) is 3.25. The molecule has 0 unspecified atom stereocenters. The first-order chi connectivity index (χ1) is 18.3. The van der Waals surface area contributed by atoms with Gasteiger partial charge in [-0.15, -0.1) is 0 Å². The number of nitrogens with zero attached hydrogens (tertiary/aromatic N) is 1. The largest absolute Gasteiger partial charge is 0.748 e. The number of carbonyl (C=O) groups excluding carboxylic acids is 1. The standard InChI is InChI=1S/C31H53NO6S/c1-5-22-26-18-20(33)10-14-31(26,4)25-11-15-30(3)23(7-8-24(30)28(25)29(22)35)19(2)6-9-27(34)32-16-12-21(13-17-32)39(36,37)38/h19-26,28-29,33,35H,5-18H2,1-4H3,(H,36,37,38)/p-1/t19-,20-,22-,23-,24+,25+,26+,28+,29-,30-,31-/m1/s1. The summed E-state index contributed by atoms with van der Waals surface area (Å²) in [4.78, 5) is 14.7. The first kappa shape index (κ1) is 29.8. The van der Waals surface area contributed by atoms with Crippen molar-refractivity contribution in [2.75, 3.05) is 13.1 Å². The highest BCUT2D eigenvalue weighted by atomic mass is 32.2. The topological polar surface area (TPSA) is 118 Å². The van der Waals surface area contributed by atoms with Crippen LogP contribution in [0.1, 0.15) is 105 Å². The zero-order chi connectivity index (χ0) is 28.3. The first-order valence-electron chi connectivity index (χ1n) is 15.9. The van der Waals surface area contributed by atoms with E-state index >= 15 is 0 Å². The fraction of sp³-hybridized carbons (Fsp3) is 0.968. The van der Waals surface area contributed by atoms with E-state index in [9.17, 15) is 28.0 Å². The molecule has 11 atom stereocenters. The summed E-state index contributed by atoms with van der Waals surface area (Å²) in [5.74, 6) is 3.09. The van der Waals surface area contributed by atoms with Crippen LogP contribution in [-0.2, 0) is 14.9 Å². The third kappa shape index (κ3) is 5.12. The second kappa shape index (κ2) is 10.9. The fourth-order valence-corrected chi connectivity index (χ4v) is 11.8. The molecule has 0 aromatic heterocycles. The summed E-state index contributed by atoms with van der Waals surface area (Å²) in [5.41, 5.74) is 0.390. The molecule has 4 aliphatic carbocycles. The van der Waals surface area contributed by atoms with E-state index in [2.05, 4.69) is 27.7 Å². The molecule has 0 radical (unpaired) electrons. The van der Waals surface area contributed by atoms with E-state index in [1.54, 1.807) is 4.90 Å². The average molecular weight is 567 g/mol. The van der Waals surface area contributed by atoms with Gasteiger partial charge in [-0.2, -0.15) is 0 Å². The highest BCUT2D eigenvalue weighted by Crippen LogP contribution is 2.69. The van der Waals surface area contributed by atoms with Crippen LogP contribution in [-0.4, -0.2) is 64.5 Å². The molecule has 5 rings (SSSR count). The summed E-state index contributed by atoms with van der Waals surface area (Å²) >= 11 is 0. The zero-order valence-electron chi connectivity index (χ0n) is 24.6. The minimum Gasteiger partial charge on any atom is -0.748 e. The van der Waals surface area contributed by atoms with E-state index in [0.717, 1.165) is 51.4 Å². The lowest BCUT2D eigenvalue weighted by Gasteiger charge is -2.64. The molecule has 1 aliphatic heterocycles. The summed E-state index contributed by atoms with van der Waals surface area (Å²) in [6.07, 6.45) is 9.75. The van der Waals surface area contributed by atoms with Gasteiger partial charge in [-0.3, -0.25) is 4.79 Å². The van der Waals surface area contributed by atoms with Gasteiger partial charge in [0.2, 0.25) is 5.91 Å². The van der Waals surface area contributed by atoms with Crippen molar-refractivity contribution in [1.82, 2.24) is 4.90 Å². The molecule has 0 bridgehead atoms. The maximum absolute atomic E-state index is 13.0. The third-order valence-electron chi connectivity index (χ3n) is 13.2. The summed E-state index contributed by atoms with van der Waals surface area (Å²) in [5, 5.41) is 21.5. The van der Waals surface area contributed by atoms with Crippen LogP contribution < -0.4 is 0 Å². The molecule has 5 fully saturated rings. The Morgan fingerprint density at radius 2 is 1.62 bits per heavy atom. The van der Waals surface area contributed by atoms with Gasteiger partial charge in [0.05, 0.1) is 27.6 Å². The number of aliphatic hydroxyl groups is 2. The quantitative estimate of drug-likeness (QED) is 0.455. The molecule has 1 heterocycles. The van der Waals surface area contributed by atoms with Crippen LogP contribution >= 0.6 is 0 Å². The molecule has 7 nitrogen and oxygen atoms in total. The molecule has 4 saturated carbocycles. The lowest BCUT2D eigenvalue weighted by Crippen LogP contribution is -2.62. The maximum Gasteiger partial charge on any atom is 0.222 e. The van der Waals surface area contributed by atoms with Crippen molar-refractivity contribution in [3.63, 3.8) is 0 Å². The molecule has 1 amide bonds. The van der Waals surface area contributed by atoms with Crippen molar-refractivity contribution in [2.24, 2.45) is 52.3 Å². The Hall–Kier alpha value is -0.700. The fourth-order valence-electron chi connectivity index (χ4n) is 11.0. The number of amides is 1. The molecular weight excluding hydrogens is 514 g/mol. The van der Waals surface area contributed by atoms with Gasteiger partial charge in [-0.05, 0) is 116 Å². The van der Waals surface area contributed by atoms with Gasteiger partial charge >= 0.3 is 0 Å². The zero-order valence-corrected chi connectivity index (χ0v) is 25.4. The maximum atomic E-state index is 13.0. The van der Waals surface area contributed by atoms with Gasteiger partial charge in [0.1, 0.15) is 0 Å². The van der Waals surface area contributed by atoms with Crippen molar-refractivity contribution in [1.29, 1.82) is 0 Å². The Kier molecular flexibility index (Phi) is 8.29. The van der Waals surface area contributed by atoms with Crippen molar-refractivity contribution in [2.45, 2.75) is 122 Å². The Bertz CT molecular complexity index is 1010. The number of piperidine rings is 1.